The zero-order valence-electron chi connectivity index (χ0n) is 15.9. The SMILES string of the molecule is CCOc1ccc(O[C@@H](C)C(=O)NNC(=O)c2ccc(-c3nnco3)cc2)cc1. The molecule has 29 heavy (non-hydrogen) atoms. The summed E-state index contributed by atoms with van der Waals surface area (Å²) in [4.78, 5) is 24.4. The molecule has 0 bridgehead atoms. The van der Waals surface area contributed by atoms with Gasteiger partial charge in [0.2, 0.25) is 12.3 Å². The number of ether oxygens (including phenoxy) is 2. The third kappa shape index (κ3) is 5.32. The van der Waals surface area contributed by atoms with Gasteiger partial charge in [-0.3, -0.25) is 20.4 Å². The second kappa shape index (κ2) is 9.36. The smallest absolute Gasteiger partial charge is 0.279 e. The Morgan fingerprint density at radius 2 is 1.72 bits per heavy atom. The van der Waals surface area contributed by atoms with E-state index < -0.39 is 17.9 Å². The van der Waals surface area contributed by atoms with Crippen molar-refractivity contribution in [3.8, 4) is 23.0 Å². The lowest BCUT2D eigenvalue weighted by Gasteiger charge is -2.15. The van der Waals surface area contributed by atoms with Crippen LogP contribution in [0, 0.1) is 0 Å². The molecule has 150 valence electrons. The molecule has 0 saturated heterocycles. The van der Waals surface area contributed by atoms with Crippen LogP contribution in [-0.4, -0.2) is 34.7 Å². The molecule has 0 aliphatic carbocycles. The van der Waals surface area contributed by atoms with Crippen LogP contribution in [0.4, 0.5) is 0 Å². The van der Waals surface area contributed by atoms with Crippen molar-refractivity contribution in [2.75, 3.05) is 6.61 Å². The van der Waals surface area contributed by atoms with Gasteiger partial charge in [-0.2, -0.15) is 0 Å². The topological polar surface area (TPSA) is 116 Å². The minimum atomic E-state index is -0.812. The lowest BCUT2D eigenvalue weighted by Crippen LogP contribution is -2.47. The van der Waals surface area contributed by atoms with Crippen molar-refractivity contribution in [2.24, 2.45) is 0 Å². The molecule has 9 nitrogen and oxygen atoms in total. The van der Waals surface area contributed by atoms with E-state index in [1.54, 1.807) is 55.5 Å². The van der Waals surface area contributed by atoms with Crippen LogP contribution in [0.3, 0.4) is 0 Å². The molecule has 2 aromatic carbocycles. The van der Waals surface area contributed by atoms with E-state index in [1.165, 1.54) is 6.39 Å². The van der Waals surface area contributed by atoms with Gasteiger partial charge in [0.1, 0.15) is 11.5 Å². The summed E-state index contributed by atoms with van der Waals surface area (Å²) in [5.41, 5.74) is 5.74. The van der Waals surface area contributed by atoms with Crippen LogP contribution < -0.4 is 20.3 Å². The highest BCUT2D eigenvalue weighted by Crippen LogP contribution is 2.19. The normalized spacial score (nSPS) is 11.4. The number of hydrogen-bond donors (Lipinski definition) is 2. The van der Waals surface area contributed by atoms with Crippen LogP contribution in [0.5, 0.6) is 11.5 Å². The van der Waals surface area contributed by atoms with E-state index in [0.717, 1.165) is 0 Å². The average Bonchev–Trinajstić information content (AvgIpc) is 3.28. The van der Waals surface area contributed by atoms with Crippen molar-refractivity contribution >= 4 is 11.8 Å². The number of nitrogens with zero attached hydrogens (tertiary/aromatic N) is 2. The first-order chi connectivity index (χ1) is 14.1. The summed E-state index contributed by atoms with van der Waals surface area (Å²) in [6, 6.07) is 13.4. The number of amides is 2. The lowest BCUT2D eigenvalue weighted by atomic mass is 10.1. The number of rotatable bonds is 7. The number of hydrazine groups is 1. The highest BCUT2D eigenvalue weighted by Gasteiger charge is 2.16. The summed E-state index contributed by atoms with van der Waals surface area (Å²) in [6.07, 6.45) is 0.412. The van der Waals surface area contributed by atoms with Crippen LogP contribution in [0.2, 0.25) is 0 Å². The fourth-order valence-corrected chi connectivity index (χ4v) is 2.39. The average molecular weight is 396 g/mol. The van der Waals surface area contributed by atoms with Gasteiger partial charge in [0.15, 0.2) is 6.10 Å². The third-order valence-corrected chi connectivity index (χ3v) is 3.87. The van der Waals surface area contributed by atoms with Gasteiger partial charge >= 0.3 is 0 Å². The summed E-state index contributed by atoms with van der Waals surface area (Å²) in [7, 11) is 0. The number of aromatic nitrogens is 2. The highest BCUT2D eigenvalue weighted by molar-refractivity contribution is 5.96. The molecule has 3 rings (SSSR count). The first-order valence-electron chi connectivity index (χ1n) is 8.93. The predicted molar refractivity (Wildman–Crippen MR) is 103 cm³/mol. The summed E-state index contributed by atoms with van der Waals surface area (Å²) in [6.45, 7) is 4.04. The minimum absolute atomic E-state index is 0.352. The maximum absolute atomic E-state index is 12.2. The molecule has 2 amide bonds. The maximum Gasteiger partial charge on any atom is 0.279 e. The lowest BCUT2D eigenvalue weighted by molar-refractivity contribution is -0.128. The van der Waals surface area contributed by atoms with Crippen molar-refractivity contribution in [2.45, 2.75) is 20.0 Å². The molecule has 0 spiro atoms. The Morgan fingerprint density at radius 1 is 1.03 bits per heavy atom. The van der Waals surface area contributed by atoms with E-state index in [1.807, 2.05) is 6.92 Å². The fourth-order valence-electron chi connectivity index (χ4n) is 2.39. The van der Waals surface area contributed by atoms with Gasteiger partial charge in [-0.25, -0.2) is 0 Å². The van der Waals surface area contributed by atoms with Crippen molar-refractivity contribution in [3.63, 3.8) is 0 Å². The minimum Gasteiger partial charge on any atom is -0.494 e. The third-order valence-electron chi connectivity index (χ3n) is 3.87. The second-order valence-corrected chi connectivity index (χ2v) is 5.93. The number of nitrogens with one attached hydrogen (secondary N) is 2. The molecule has 0 fully saturated rings. The zero-order chi connectivity index (χ0) is 20.6. The van der Waals surface area contributed by atoms with E-state index in [4.69, 9.17) is 13.9 Å². The second-order valence-electron chi connectivity index (χ2n) is 5.93. The fraction of sp³-hybridized carbons (Fsp3) is 0.200. The number of carbonyl (C=O) groups excluding carboxylic acids is 2. The van der Waals surface area contributed by atoms with Gasteiger partial charge in [-0.15, -0.1) is 10.2 Å². The van der Waals surface area contributed by atoms with Gasteiger partial charge in [0.25, 0.3) is 11.8 Å². The van der Waals surface area contributed by atoms with E-state index in [-0.39, 0.29) is 0 Å². The number of benzene rings is 2. The van der Waals surface area contributed by atoms with Crippen LogP contribution >= 0.6 is 0 Å². The maximum atomic E-state index is 12.2. The first kappa shape index (κ1) is 19.9. The van der Waals surface area contributed by atoms with E-state index in [2.05, 4.69) is 21.0 Å². The molecule has 0 aliphatic heterocycles. The van der Waals surface area contributed by atoms with Crippen LogP contribution in [0.15, 0.2) is 59.3 Å². The van der Waals surface area contributed by atoms with Crippen LogP contribution in [-0.2, 0) is 4.79 Å². The molecule has 9 heteroatoms. The molecular weight excluding hydrogens is 376 g/mol. The molecule has 1 atom stereocenters. The van der Waals surface area contributed by atoms with Gasteiger partial charge in [-0.05, 0) is 62.4 Å². The Bertz CT molecular complexity index is 940. The number of hydrogen-bond acceptors (Lipinski definition) is 7. The van der Waals surface area contributed by atoms with Gasteiger partial charge < -0.3 is 13.9 Å². The zero-order valence-corrected chi connectivity index (χ0v) is 15.9. The van der Waals surface area contributed by atoms with E-state index in [0.29, 0.717) is 35.1 Å². The van der Waals surface area contributed by atoms with Gasteiger partial charge in [0, 0.05) is 11.1 Å². The largest absolute Gasteiger partial charge is 0.494 e. The molecule has 0 aliphatic rings. The van der Waals surface area contributed by atoms with Crippen molar-refractivity contribution in [1.29, 1.82) is 0 Å². The van der Waals surface area contributed by atoms with E-state index in [9.17, 15) is 9.59 Å². The van der Waals surface area contributed by atoms with Gasteiger partial charge in [0.05, 0.1) is 6.61 Å². The van der Waals surface area contributed by atoms with Crippen molar-refractivity contribution in [1.82, 2.24) is 21.0 Å². The molecular formula is C20H20N4O5. The summed E-state index contributed by atoms with van der Waals surface area (Å²) in [5, 5.41) is 7.40. The molecule has 0 radical (unpaired) electrons. The molecule has 3 aromatic rings. The Morgan fingerprint density at radius 3 is 2.34 bits per heavy atom. The summed E-state index contributed by atoms with van der Waals surface area (Å²) >= 11 is 0. The predicted octanol–water partition coefficient (Wildman–Crippen LogP) is 2.36. The quantitative estimate of drug-likeness (QED) is 0.589. The van der Waals surface area contributed by atoms with Gasteiger partial charge in [-0.1, -0.05) is 0 Å². The van der Waals surface area contributed by atoms with Crippen molar-refractivity contribution in [3.05, 3.63) is 60.5 Å². The Balaban J connectivity index is 1.49. The van der Waals surface area contributed by atoms with E-state index >= 15 is 0 Å². The molecule has 1 aromatic heterocycles. The highest BCUT2D eigenvalue weighted by atomic mass is 16.5. The number of carbonyl (C=O) groups is 2. The standard InChI is InChI=1S/C20H20N4O5/c1-3-27-16-8-10-17(11-9-16)29-13(2)18(25)22-23-19(26)14-4-6-15(7-5-14)20-24-21-12-28-20/h4-13H,3H2,1-2H3,(H,22,25)(H,23,26)/t13-/m0/s1. The molecule has 2 N–H and O–H groups in total. The van der Waals surface area contributed by atoms with Crippen LogP contribution in [0.25, 0.3) is 11.5 Å². The van der Waals surface area contributed by atoms with Crippen molar-refractivity contribution < 1.29 is 23.5 Å². The summed E-state index contributed by atoms with van der Waals surface area (Å²) in [5.74, 6) is 0.623. The first-order valence-corrected chi connectivity index (χ1v) is 8.93. The summed E-state index contributed by atoms with van der Waals surface area (Å²) < 4.78 is 16.0. The Labute approximate surface area is 167 Å². The molecule has 1 heterocycles. The Kier molecular flexibility index (Phi) is 6.41. The molecule has 0 saturated carbocycles. The monoisotopic (exact) mass is 396 g/mol. The Hall–Kier alpha value is -3.88. The van der Waals surface area contributed by atoms with Crippen LogP contribution in [0.1, 0.15) is 24.2 Å². The molecule has 0 unspecified atom stereocenters.